The highest BCUT2D eigenvalue weighted by Crippen LogP contribution is 2.09. The van der Waals surface area contributed by atoms with Crippen LogP contribution in [0.4, 0.5) is 0 Å². The number of ether oxygens (including phenoxy) is 1. The molecule has 0 aliphatic carbocycles. The van der Waals surface area contributed by atoms with Crippen LogP contribution in [0.2, 0.25) is 0 Å². The van der Waals surface area contributed by atoms with E-state index in [1.807, 2.05) is 0 Å². The molecule has 5 heteroatoms. The van der Waals surface area contributed by atoms with Crippen molar-refractivity contribution in [3.05, 3.63) is 0 Å². The smallest absolute Gasteiger partial charge is 0.344 e. The van der Waals surface area contributed by atoms with Crippen molar-refractivity contribution in [2.75, 3.05) is 13.6 Å². The standard InChI is InChI=1S/C10H19N2O3/c1-6-12(7-13)8(11-5)9(14)15-10(2,3)4/h8,11H,6H2,1-5H3. The third kappa shape index (κ3) is 4.78. The van der Waals surface area contributed by atoms with Crippen LogP contribution < -0.4 is 5.32 Å². The average Bonchev–Trinajstić information content (AvgIpc) is 2.10. The monoisotopic (exact) mass is 215 g/mol. The van der Waals surface area contributed by atoms with E-state index in [-0.39, 0.29) is 0 Å². The number of likely N-dealkylation sites (N-methyl/N-ethyl adjacent to an activating group) is 2. The number of carbonyl (C=O) groups excluding carboxylic acids is 2. The molecule has 1 radical (unpaired) electrons. The van der Waals surface area contributed by atoms with E-state index >= 15 is 0 Å². The molecular weight excluding hydrogens is 196 g/mol. The first kappa shape index (κ1) is 13.9. The van der Waals surface area contributed by atoms with Gasteiger partial charge in [-0.2, -0.15) is 0 Å². The summed E-state index contributed by atoms with van der Waals surface area (Å²) in [5, 5.41) is 2.72. The Kier molecular flexibility index (Phi) is 5.28. The molecule has 0 aromatic carbocycles. The Morgan fingerprint density at radius 1 is 1.53 bits per heavy atom. The normalized spacial score (nSPS) is 13.1. The fraction of sp³-hybridized carbons (Fsp3) is 0.800. The van der Waals surface area contributed by atoms with Crippen molar-refractivity contribution >= 4 is 12.4 Å². The molecule has 1 N–H and O–H groups in total. The minimum Gasteiger partial charge on any atom is -0.457 e. The fourth-order valence-electron chi connectivity index (χ4n) is 1.06. The molecule has 0 saturated heterocycles. The molecule has 0 aliphatic rings. The van der Waals surface area contributed by atoms with Gasteiger partial charge < -0.3 is 9.64 Å². The summed E-state index contributed by atoms with van der Waals surface area (Å²) in [6, 6.07) is 0. The summed E-state index contributed by atoms with van der Waals surface area (Å²) < 4.78 is 5.15. The highest BCUT2D eigenvalue weighted by atomic mass is 16.6. The molecule has 0 aliphatic heterocycles. The molecule has 1 unspecified atom stereocenters. The van der Waals surface area contributed by atoms with Gasteiger partial charge in [-0.3, -0.25) is 10.1 Å². The Morgan fingerprint density at radius 2 is 2.07 bits per heavy atom. The first-order chi connectivity index (χ1) is 6.85. The van der Waals surface area contributed by atoms with Crippen LogP contribution in [0.5, 0.6) is 0 Å². The Balaban J connectivity index is 4.53. The SMILES string of the molecule is CCN([C]=O)C(NC)C(=O)OC(C)(C)C. The van der Waals surface area contributed by atoms with Crippen molar-refractivity contribution < 1.29 is 14.3 Å². The van der Waals surface area contributed by atoms with Crippen LogP contribution in [0, 0.1) is 0 Å². The highest BCUT2D eigenvalue weighted by Gasteiger charge is 2.27. The van der Waals surface area contributed by atoms with Gasteiger partial charge in [-0.25, -0.2) is 4.79 Å². The third-order valence-electron chi connectivity index (χ3n) is 1.67. The molecule has 0 saturated carbocycles. The number of amides is 1. The fourth-order valence-corrected chi connectivity index (χ4v) is 1.06. The molecule has 1 atom stereocenters. The highest BCUT2D eigenvalue weighted by molar-refractivity contribution is 5.78. The van der Waals surface area contributed by atoms with E-state index in [4.69, 9.17) is 4.74 Å². The molecule has 0 aromatic rings. The summed E-state index contributed by atoms with van der Waals surface area (Å²) >= 11 is 0. The lowest BCUT2D eigenvalue weighted by Gasteiger charge is -2.28. The first-order valence-corrected chi connectivity index (χ1v) is 4.90. The average molecular weight is 215 g/mol. The lowest BCUT2D eigenvalue weighted by Crippen LogP contribution is -2.51. The molecule has 0 heterocycles. The van der Waals surface area contributed by atoms with Crippen molar-refractivity contribution in [1.29, 1.82) is 0 Å². The lowest BCUT2D eigenvalue weighted by atomic mass is 10.2. The second-order valence-corrected chi connectivity index (χ2v) is 4.10. The molecule has 0 rings (SSSR count). The largest absolute Gasteiger partial charge is 0.457 e. The zero-order chi connectivity index (χ0) is 12.1. The minimum absolute atomic E-state index is 0.397. The number of hydrogen-bond donors (Lipinski definition) is 1. The summed E-state index contributed by atoms with van der Waals surface area (Å²) in [5.74, 6) is -0.477. The van der Waals surface area contributed by atoms with Crippen LogP contribution in [0.25, 0.3) is 0 Å². The van der Waals surface area contributed by atoms with Gasteiger partial charge in [0, 0.05) is 6.54 Å². The maximum Gasteiger partial charge on any atom is 0.344 e. The zero-order valence-electron chi connectivity index (χ0n) is 9.96. The topological polar surface area (TPSA) is 58.6 Å². The van der Waals surface area contributed by atoms with Gasteiger partial charge in [0.05, 0.1) is 0 Å². The quantitative estimate of drug-likeness (QED) is 0.406. The lowest BCUT2D eigenvalue weighted by molar-refractivity contribution is -0.161. The maximum atomic E-state index is 11.6. The van der Waals surface area contributed by atoms with Crippen molar-refractivity contribution in [2.45, 2.75) is 39.5 Å². The van der Waals surface area contributed by atoms with Crippen molar-refractivity contribution in [2.24, 2.45) is 0 Å². The molecule has 15 heavy (non-hydrogen) atoms. The molecule has 0 bridgehead atoms. The maximum absolute atomic E-state index is 11.6. The summed E-state index contributed by atoms with van der Waals surface area (Å²) in [7, 11) is 1.59. The van der Waals surface area contributed by atoms with E-state index in [1.54, 1.807) is 41.2 Å². The van der Waals surface area contributed by atoms with E-state index in [9.17, 15) is 9.59 Å². The summed E-state index contributed by atoms with van der Waals surface area (Å²) in [6.07, 6.45) is 0.918. The molecule has 5 nitrogen and oxygen atoms in total. The molecular formula is C10H19N2O3. The van der Waals surface area contributed by atoms with Crippen LogP contribution in [0.1, 0.15) is 27.7 Å². The molecule has 0 fully saturated rings. The van der Waals surface area contributed by atoms with Crippen LogP contribution in [0.3, 0.4) is 0 Å². The van der Waals surface area contributed by atoms with Gasteiger partial charge in [0.25, 0.3) is 0 Å². The van der Waals surface area contributed by atoms with E-state index in [0.29, 0.717) is 6.54 Å². The number of hydrogen-bond acceptors (Lipinski definition) is 4. The number of nitrogens with one attached hydrogen (secondary N) is 1. The zero-order valence-corrected chi connectivity index (χ0v) is 9.96. The van der Waals surface area contributed by atoms with Crippen LogP contribution in [0.15, 0.2) is 0 Å². The predicted molar refractivity (Wildman–Crippen MR) is 56.8 cm³/mol. The van der Waals surface area contributed by atoms with Crippen LogP contribution in [-0.2, 0) is 14.3 Å². The van der Waals surface area contributed by atoms with Crippen molar-refractivity contribution in [3.63, 3.8) is 0 Å². The van der Waals surface area contributed by atoms with Gasteiger partial charge >= 0.3 is 12.4 Å². The Bertz CT molecular complexity index is 223. The predicted octanol–water partition coefficient (Wildman–Crippen LogP) is 0.263. The van der Waals surface area contributed by atoms with E-state index < -0.39 is 17.7 Å². The molecule has 0 aromatic heterocycles. The van der Waals surface area contributed by atoms with Crippen molar-refractivity contribution in [1.82, 2.24) is 10.2 Å². The second kappa shape index (κ2) is 5.70. The van der Waals surface area contributed by atoms with E-state index in [2.05, 4.69) is 5.32 Å². The van der Waals surface area contributed by atoms with Crippen molar-refractivity contribution in [3.8, 4) is 0 Å². The van der Waals surface area contributed by atoms with E-state index in [0.717, 1.165) is 0 Å². The Morgan fingerprint density at radius 3 is 2.33 bits per heavy atom. The van der Waals surface area contributed by atoms with Crippen LogP contribution in [-0.4, -0.2) is 42.6 Å². The molecule has 1 amide bonds. The second-order valence-electron chi connectivity index (χ2n) is 4.10. The number of esters is 1. The first-order valence-electron chi connectivity index (χ1n) is 4.90. The summed E-state index contributed by atoms with van der Waals surface area (Å²) in [4.78, 5) is 23.4. The third-order valence-corrected chi connectivity index (χ3v) is 1.67. The number of nitrogens with zero attached hydrogens (tertiary/aromatic N) is 1. The van der Waals surface area contributed by atoms with Gasteiger partial charge in [-0.05, 0) is 34.7 Å². The molecule has 0 spiro atoms. The van der Waals surface area contributed by atoms with Gasteiger partial charge in [-0.1, -0.05) is 0 Å². The number of rotatable bonds is 5. The Labute approximate surface area is 90.8 Å². The van der Waals surface area contributed by atoms with Gasteiger partial charge in [0.15, 0.2) is 6.17 Å². The Hall–Kier alpha value is -1.10. The van der Waals surface area contributed by atoms with Crippen LogP contribution >= 0.6 is 0 Å². The summed E-state index contributed by atoms with van der Waals surface area (Å²) in [5.41, 5.74) is -0.561. The minimum atomic E-state index is -0.772. The number of carbonyl (C=O) groups is 1. The molecule has 87 valence electrons. The van der Waals surface area contributed by atoms with Gasteiger partial charge in [0.2, 0.25) is 0 Å². The van der Waals surface area contributed by atoms with Gasteiger partial charge in [-0.15, -0.1) is 0 Å². The van der Waals surface area contributed by atoms with E-state index in [1.165, 1.54) is 4.90 Å². The summed E-state index contributed by atoms with van der Waals surface area (Å²) in [6.45, 7) is 7.49. The van der Waals surface area contributed by atoms with Gasteiger partial charge in [0.1, 0.15) is 5.60 Å².